The monoisotopic (exact) mass is 204 g/mol. The summed E-state index contributed by atoms with van der Waals surface area (Å²) in [6.07, 6.45) is 4.00. The summed E-state index contributed by atoms with van der Waals surface area (Å²) in [7, 11) is 0. The second-order valence-electron chi connectivity index (χ2n) is 3.44. The van der Waals surface area contributed by atoms with Crippen molar-refractivity contribution in [1.82, 2.24) is 15.1 Å². The Hall–Kier alpha value is -1.75. The molecule has 2 aromatic rings. The molecule has 0 aromatic carbocycles. The topological polar surface area (TPSA) is 77.8 Å². The second kappa shape index (κ2) is 4.18. The molecule has 2 N–H and O–H groups in total. The Balaban J connectivity index is 2.21. The average Bonchev–Trinajstić information content (AvgIpc) is 2.67. The van der Waals surface area contributed by atoms with Crippen LogP contribution < -0.4 is 5.73 Å². The number of rotatable bonds is 3. The van der Waals surface area contributed by atoms with Crippen molar-refractivity contribution in [3.8, 4) is 11.5 Å². The van der Waals surface area contributed by atoms with Gasteiger partial charge in [0, 0.05) is 24.9 Å². The lowest BCUT2D eigenvalue weighted by Gasteiger charge is -1.96. The van der Waals surface area contributed by atoms with Gasteiger partial charge in [-0.05, 0) is 19.1 Å². The third kappa shape index (κ3) is 2.38. The fraction of sp³-hybridized carbons (Fsp3) is 0.300. The average molecular weight is 204 g/mol. The van der Waals surface area contributed by atoms with Gasteiger partial charge in [-0.25, -0.2) is 0 Å². The summed E-state index contributed by atoms with van der Waals surface area (Å²) in [5, 5.41) is 3.84. The molecule has 2 rings (SSSR count). The quantitative estimate of drug-likeness (QED) is 0.807. The van der Waals surface area contributed by atoms with Crippen molar-refractivity contribution in [3.63, 3.8) is 0 Å². The van der Waals surface area contributed by atoms with Crippen LogP contribution in [0.15, 0.2) is 29.0 Å². The molecule has 0 aliphatic carbocycles. The van der Waals surface area contributed by atoms with Crippen molar-refractivity contribution in [2.75, 3.05) is 0 Å². The molecule has 1 atom stereocenters. The third-order valence-corrected chi connectivity index (χ3v) is 1.88. The molecule has 0 saturated heterocycles. The van der Waals surface area contributed by atoms with Gasteiger partial charge in [0.25, 0.3) is 5.89 Å². The molecule has 78 valence electrons. The highest BCUT2D eigenvalue weighted by Gasteiger charge is 2.09. The molecular formula is C10H12N4O. The summed E-state index contributed by atoms with van der Waals surface area (Å²) < 4.78 is 5.09. The van der Waals surface area contributed by atoms with Crippen molar-refractivity contribution < 1.29 is 4.52 Å². The Morgan fingerprint density at radius 1 is 1.53 bits per heavy atom. The molecule has 0 spiro atoms. The van der Waals surface area contributed by atoms with E-state index in [1.54, 1.807) is 12.4 Å². The van der Waals surface area contributed by atoms with E-state index >= 15 is 0 Å². The maximum atomic E-state index is 5.64. The molecule has 15 heavy (non-hydrogen) atoms. The van der Waals surface area contributed by atoms with E-state index in [2.05, 4.69) is 15.1 Å². The lowest BCUT2D eigenvalue weighted by Crippen LogP contribution is -2.18. The minimum Gasteiger partial charge on any atom is -0.334 e. The minimum atomic E-state index is 0.0318. The number of nitrogens with zero attached hydrogens (tertiary/aromatic N) is 3. The van der Waals surface area contributed by atoms with Gasteiger partial charge in [0.05, 0.1) is 5.56 Å². The largest absolute Gasteiger partial charge is 0.334 e. The molecule has 5 nitrogen and oxygen atoms in total. The zero-order valence-corrected chi connectivity index (χ0v) is 8.42. The van der Waals surface area contributed by atoms with Crippen LogP contribution in [0, 0.1) is 0 Å². The van der Waals surface area contributed by atoms with Crippen LogP contribution in [0.3, 0.4) is 0 Å². The number of hydrogen-bond donors (Lipinski definition) is 1. The van der Waals surface area contributed by atoms with Gasteiger partial charge in [0.1, 0.15) is 0 Å². The Morgan fingerprint density at radius 3 is 3.07 bits per heavy atom. The van der Waals surface area contributed by atoms with Crippen LogP contribution in [0.4, 0.5) is 0 Å². The van der Waals surface area contributed by atoms with E-state index in [9.17, 15) is 0 Å². The zero-order valence-electron chi connectivity index (χ0n) is 8.42. The lowest BCUT2D eigenvalue weighted by molar-refractivity contribution is 0.420. The normalized spacial score (nSPS) is 12.7. The second-order valence-corrected chi connectivity index (χ2v) is 3.44. The predicted octanol–water partition coefficient (Wildman–Crippen LogP) is 1.02. The Labute approximate surface area is 87.3 Å². The molecular weight excluding hydrogens is 192 g/mol. The van der Waals surface area contributed by atoms with Crippen LogP contribution in [0.2, 0.25) is 0 Å². The predicted molar refractivity (Wildman–Crippen MR) is 54.9 cm³/mol. The van der Waals surface area contributed by atoms with Gasteiger partial charge >= 0.3 is 0 Å². The van der Waals surface area contributed by atoms with Crippen molar-refractivity contribution >= 4 is 0 Å². The van der Waals surface area contributed by atoms with Gasteiger partial charge < -0.3 is 10.3 Å². The van der Waals surface area contributed by atoms with Crippen molar-refractivity contribution in [2.24, 2.45) is 5.73 Å². The minimum absolute atomic E-state index is 0.0318. The first-order chi connectivity index (χ1) is 7.25. The number of nitrogens with two attached hydrogens (primary N) is 1. The highest BCUT2D eigenvalue weighted by atomic mass is 16.5. The van der Waals surface area contributed by atoms with E-state index in [1.807, 2.05) is 19.1 Å². The van der Waals surface area contributed by atoms with Crippen LogP contribution >= 0.6 is 0 Å². The maximum Gasteiger partial charge on any atom is 0.259 e. The molecule has 5 heteroatoms. The highest BCUT2D eigenvalue weighted by Crippen LogP contribution is 2.15. The molecule has 0 bridgehead atoms. The number of hydrogen-bond acceptors (Lipinski definition) is 5. The first-order valence-corrected chi connectivity index (χ1v) is 4.74. The highest BCUT2D eigenvalue weighted by molar-refractivity contribution is 5.50. The Kier molecular flexibility index (Phi) is 2.73. The SMILES string of the molecule is CC(N)Cc1noc(-c2cccnc2)n1. The van der Waals surface area contributed by atoms with Gasteiger partial charge in [0.2, 0.25) is 0 Å². The molecule has 0 fully saturated rings. The molecule has 0 saturated carbocycles. The van der Waals surface area contributed by atoms with Crippen LogP contribution in [0.25, 0.3) is 11.5 Å². The molecule has 0 aliphatic heterocycles. The lowest BCUT2D eigenvalue weighted by atomic mass is 10.2. The standard InChI is InChI=1S/C10H12N4O/c1-7(11)5-9-13-10(15-14-9)8-3-2-4-12-6-8/h2-4,6-7H,5,11H2,1H3. The van der Waals surface area contributed by atoms with Gasteiger partial charge in [-0.1, -0.05) is 5.16 Å². The molecule has 0 radical (unpaired) electrons. The van der Waals surface area contributed by atoms with E-state index in [0.29, 0.717) is 18.1 Å². The van der Waals surface area contributed by atoms with Gasteiger partial charge in [-0.15, -0.1) is 0 Å². The first-order valence-electron chi connectivity index (χ1n) is 4.74. The van der Waals surface area contributed by atoms with E-state index in [1.165, 1.54) is 0 Å². The van der Waals surface area contributed by atoms with E-state index in [0.717, 1.165) is 5.56 Å². The summed E-state index contributed by atoms with van der Waals surface area (Å²) >= 11 is 0. The van der Waals surface area contributed by atoms with Gasteiger partial charge in [-0.2, -0.15) is 4.98 Å². The van der Waals surface area contributed by atoms with Gasteiger partial charge in [0.15, 0.2) is 5.82 Å². The molecule has 0 aliphatic rings. The van der Waals surface area contributed by atoms with Crippen molar-refractivity contribution in [1.29, 1.82) is 0 Å². The van der Waals surface area contributed by atoms with E-state index in [4.69, 9.17) is 10.3 Å². The van der Waals surface area contributed by atoms with Crippen LogP contribution in [0.5, 0.6) is 0 Å². The summed E-state index contributed by atoms with van der Waals surface area (Å²) in [4.78, 5) is 8.20. The summed E-state index contributed by atoms with van der Waals surface area (Å²) in [6, 6.07) is 3.73. The summed E-state index contributed by atoms with van der Waals surface area (Å²) in [6.45, 7) is 1.90. The summed E-state index contributed by atoms with van der Waals surface area (Å²) in [5.41, 5.74) is 6.46. The Bertz CT molecular complexity index is 424. The number of aromatic nitrogens is 3. The maximum absolute atomic E-state index is 5.64. The van der Waals surface area contributed by atoms with Crippen LogP contribution in [0.1, 0.15) is 12.7 Å². The molecule has 1 unspecified atom stereocenters. The molecule has 2 aromatic heterocycles. The van der Waals surface area contributed by atoms with Crippen LogP contribution in [-0.2, 0) is 6.42 Å². The summed E-state index contributed by atoms with van der Waals surface area (Å²) in [5.74, 6) is 1.11. The fourth-order valence-electron chi connectivity index (χ4n) is 1.23. The first kappa shape index (κ1) is 9.79. The van der Waals surface area contributed by atoms with Crippen LogP contribution in [-0.4, -0.2) is 21.2 Å². The smallest absolute Gasteiger partial charge is 0.259 e. The molecule has 2 heterocycles. The van der Waals surface area contributed by atoms with E-state index < -0.39 is 0 Å². The van der Waals surface area contributed by atoms with Gasteiger partial charge in [-0.3, -0.25) is 4.98 Å². The Morgan fingerprint density at radius 2 is 2.40 bits per heavy atom. The third-order valence-electron chi connectivity index (χ3n) is 1.88. The zero-order chi connectivity index (χ0) is 10.7. The van der Waals surface area contributed by atoms with Crippen molar-refractivity contribution in [3.05, 3.63) is 30.4 Å². The molecule has 0 amide bonds. The fourth-order valence-corrected chi connectivity index (χ4v) is 1.23. The van der Waals surface area contributed by atoms with E-state index in [-0.39, 0.29) is 6.04 Å². The number of pyridine rings is 1. The van der Waals surface area contributed by atoms with Crippen molar-refractivity contribution in [2.45, 2.75) is 19.4 Å².